The third kappa shape index (κ3) is 4.86. The number of nitrogens with one attached hydrogen (secondary N) is 1. The number of aryl methyl sites for hydroxylation is 1. The van der Waals surface area contributed by atoms with Gasteiger partial charge in [0.05, 0.1) is 12.9 Å². The van der Waals surface area contributed by atoms with Crippen LogP contribution < -0.4 is 10.1 Å². The number of ether oxygens (including phenoxy) is 1. The van der Waals surface area contributed by atoms with Crippen LogP contribution in [0.3, 0.4) is 0 Å². The van der Waals surface area contributed by atoms with Crippen LogP contribution in [0, 0.1) is 5.82 Å². The van der Waals surface area contributed by atoms with Crippen LogP contribution >= 0.6 is 0 Å². The molecule has 114 valence electrons. The van der Waals surface area contributed by atoms with Crippen molar-refractivity contribution in [3.63, 3.8) is 0 Å². The molecule has 0 unspecified atom stereocenters. The molecule has 0 aliphatic heterocycles. The van der Waals surface area contributed by atoms with Gasteiger partial charge in [-0.15, -0.1) is 0 Å². The van der Waals surface area contributed by atoms with Crippen LogP contribution in [0.5, 0.6) is 5.75 Å². The lowest BCUT2D eigenvalue weighted by atomic mass is 10.2. The first kappa shape index (κ1) is 15.5. The summed E-state index contributed by atoms with van der Waals surface area (Å²) in [5.74, 6) is 0.0696. The minimum absolute atomic E-state index is 0.298. The number of benzene rings is 1. The zero-order valence-electron chi connectivity index (χ0n) is 12.4. The average molecular weight is 291 g/mol. The molecular formula is C16H22FN3O. The molecule has 1 N–H and O–H groups in total. The minimum Gasteiger partial charge on any atom is -0.490 e. The van der Waals surface area contributed by atoms with Crippen LogP contribution in [-0.4, -0.2) is 22.7 Å². The highest BCUT2D eigenvalue weighted by molar-refractivity contribution is 5.34. The molecule has 5 heteroatoms. The van der Waals surface area contributed by atoms with Gasteiger partial charge in [0.15, 0.2) is 11.6 Å². The molecule has 0 fully saturated rings. The third-order valence-corrected chi connectivity index (χ3v) is 3.16. The van der Waals surface area contributed by atoms with Crippen LogP contribution in [0.2, 0.25) is 0 Å². The molecule has 0 saturated heterocycles. The molecule has 0 radical (unpaired) electrons. The second-order valence-corrected chi connectivity index (χ2v) is 4.91. The van der Waals surface area contributed by atoms with Gasteiger partial charge in [-0.05, 0) is 25.5 Å². The summed E-state index contributed by atoms with van der Waals surface area (Å²) in [6.07, 6.45) is 7.28. The van der Waals surface area contributed by atoms with Gasteiger partial charge < -0.3 is 14.6 Å². The fourth-order valence-electron chi connectivity index (χ4n) is 2.09. The lowest BCUT2D eigenvalue weighted by Gasteiger charge is -2.13. The molecule has 1 aromatic heterocycles. The summed E-state index contributed by atoms with van der Waals surface area (Å²) >= 11 is 0. The van der Waals surface area contributed by atoms with Crippen LogP contribution in [0.4, 0.5) is 4.39 Å². The van der Waals surface area contributed by atoms with Crippen molar-refractivity contribution in [2.24, 2.45) is 0 Å². The molecule has 0 aliphatic carbocycles. The fraction of sp³-hybridized carbons (Fsp3) is 0.438. The van der Waals surface area contributed by atoms with Crippen molar-refractivity contribution < 1.29 is 9.13 Å². The van der Waals surface area contributed by atoms with Crippen molar-refractivity contribution in [3.8, 4) is 5.75 Å². The Bertz CT molecular complexity index is 528. The summed E-state index contributed by atoms with van der Waals surface area (Å²) in [6.45, 7) is 4.95. The number of rotatable bonds is 9. The molecule has 2 aromatic rings. The summed E-state index contributed by atoms with van der Waals surface area (Å²) < 4.78 is 21.5. The maximum atomic E-state index is 13.9. The SMILES string of the molecule is CCCNCc1cccc(F)c1OCCCn1ccnc1. The van der Waals surface area contributed by atoms with Crippen molar-refractivity contribution in [2.45, 2.75) is 32.9 Å². The number of halogens is 1. The van der Waals surface area contributed by atoms with E-state index in [-0.39, 0.29) is 5.82 Å². The highest BCUT2D eigenvalue weighted by Gasteiger charge is 2.09. The van der Waals surface area contributed by atoms with Crippen molar-refractivity contribution in [2.75, 3.05) is 13.2 Å². The number of imidazole rings is 1. The first-order valence-electron chi connectivity index (χ1n) is 7.38. The second-order valence-electron chi connectivity index (χ2n) is 4.91. The Morgan fingerprint density at radius 2 is 2.29 bits per heavy atom. The van der Waals surface area contributed by atoms with E-state index in [2.05, 4.69) is 17.2 Å². The molecule has 21 heavy (non-hydrogen) atoms. The zero-order valence-corrected chi connectivity index (χ0v) is 12.4. The molecule has 2 rings (SSSR count). The molecule has 1 aromatic carbocycles. The van der Waals surface area contributed by atoms with E-state index in [0.29, 0.717) is 18.9 Å². The predicted octanol–water partition coefficient (Wildman–Crippen LogP) is 2.99. The first-order valence-corrected chi connectivity index (χ1v) is 7.38. The smallest absolute Gasteiger partial charge is 0.165 e. The van der Waals surface area contributed by atoms with Crippen molar-refractivity contribution in [3.05, 3.63) is 48.3 Å². The maximum Gasteiger partial charge on any atom is 0.165 e. The molecule has 0 aliphatic rings. The molecule has 0 spiro atoms. The number of hydrogen-bond acceptors (Lipinski definition) is 3. The Morgan fingerprint density at radius 3 is 3.05 bits per heavy atom. The standard InChI is InChI=1S/C16H22FN3O/c1-2-7-18-12-14-5-3-6-15(17)16(14)21-11-4-9-20-10-8-19-13-20/h3,5-6,8,10,13,18H,2,4,7,9,11-12H2,1H3. The number of para-hydroxylation sites is 1. The Balaban J connectivity index is 1.85. The summed E-state index contributed by atoms with van der Waals surface area (Å²) in [6, 6.07) is 5.06. The van der Waals surface area contributed by atoms with Gasteiger partial charge >= 0.3 is 0 Å². The van der Waals surface area contributed by atoms with Gasteiger partial charge in [-0.3, -0.25) is 0 Å². The zero-order chi connectivity index (χ0) is 14.9. The van der Waals surface area contributed by atoms with E-state index in [4.69, 9.17) is 4.74 Å². The van der Waals surface area contributed by atoms with E-state index in [1.807, 2.05) is 16.8 Å². The summed E-state index contributed by atoms with van der Waals surface area (Å²) in [4.78, 5) is 3.98. The quantitative estimate of drug-likeness (QED) is 0.722. The lowest BCUT2D eigenvalue weighted by molar-refractivity contribution is 0.284. The van der Waals surface area contributed by atoms with Gasteiger partial charge in [-0.25, -0.2) is 9.37 Å². The topological polar surface area (TPSA) is 39.1 Å². The molecule has 0 amide bonds. The monoisotopic (exact) mass is 291 g/mol. The molecule has 0 atom stereocenters. The van der Waals surface area contributed by atoms with Gasteiger partial charge in [0, 0.05) is 31.0 Å². The number of nitrogens with zero attached hydrogens (tertiary/aromatic N) is 2. The molecule has 0 saturated carbocycles. The highest BCUT2D eigenvalue weighted by Crippen LogP contribution is 2.22. The van der Waals surface area contributed by atoms with Crippen LogP contribution in [-0.2, 0) is 13.1 Å². The molecule has 4 nitrogen and oxygen atoms in total. The second kappa shape index (κ2) is 8.42. The van der Waals surface area contributed by atoms with Gasteiger partial charge in [0.1, 0.15) is 0 Å². The Morgan fingerprint density at radius 1 is 1.38 bits per heavy atom. The minimum atomic E-state index is -0.298. The fourth-order valence-corrected chi connectivity index (χ4v) is 2.09. The van der Waals surface area contributed by atoms with E-state index in [1.165, 1.54) is 6.07 Å². The largest absolute Gasteiger partial charge is 0.490 e. The number of hydrogen-bond donors (Lipinski definition) is 1. The van der Waals surface area contributed by atoms with Crippen LogP contribution in [0.15, 0.2) is 36.9 Å². The molecular weight excluding hydrogens is 269 g/mol. The van der Waals surface area contributed by atoms with Crippen molar-refractivity contribution >= 4 is 0 Å². The molecule has 0 bridgehead atoms. The summed E-state index contributed by atoms with van der Waals surface area (Å²) in [5, 5.41) is 3.27. The van der Waals surface area contributed by atoms with Gasteiger partial charge in [0.2, 0.25) is 0 Å². The van der Waals surface area contributed by atoms with E-state index in [1.54, 1.807) is 18.6 Å². The normalized spacial score (nSPS) is 10.8. The van der Waals surface area contributed by atoms with Gasteiger partial charge in [0.25, 0.3) is 0 Å². The third-order valence-electron chi connectivity index (χ3n) is 3.16. The summed E-state index contributed by atoms with van der Waals surface area (Å²) in [5.41, 5.74) is 0.867. The van der Waals surface area contributed by atoms with E-state index in [0.717, 1.165) is 31.5 Å². The Labute approximate surface area is 125 Å². The van der Waals surface area contributed by atoms with Crippen LogP contribution in [0.25, 0.3) is 0 Å². The average Bonchev–Trinajstić information content (AvgIpc) is 2.99. The Kier molecular flexibility index (Phi) is 6.22. The van der Waals surface area contributed by atoms with Gasteiger partial charge in [-0.1, -0.05) is 19.1 Å². The maximum absolute atomic E-state index is 13.9. The van der Waals surface area contributed by atoms with E-state index in [9.17, 15) is 4.39 Å². The number of aromatic nitrogens is 2. The highest BCUT2D eigenvalue weighted by atomic mass is 19.1. The Hall–Kier alpha value is -1.88. The summed E-state index contributed by atoms with van der Waals surface area (Å²) in [7, 11) is 0. The first-order chi connectivity index (χ1) is 10.3. The van der Waals surface area contributed by atoms with E-state index < -0.39 is 0 Å². The van der Waals surface area contributed by atoms with Crippen molar-refractivity contribution in [1.29, 1.82) is 0 Å². The van der Waals surface area contributed by atoms with Gasteiger partial charge in [-0.2, -0.15) is 0 Å². The lowest BCUT2D eigenvalue weighted by Crippen LogP contribution is -2.15. The molecule has 1 heterocycles. The predicted molar refractivity (Wildman–Crippen MR) is 80.7 cm³/mol. The van der Waals surface area contributed by atoms with Crippen LogP contribution in [0.1, 0.15) is 25.3 Å². The van der Waals surface area contributed by atoms with E-state index >= 15 is 0 Å². The van der Waals surface area contributed by atoms with Crippen molar-refractivity contribution in [1.82, 2.24) is 14.9 Å².